The van der Waals surface area contributed by atoms with Crippen LogP contribution in [0.5, 0.6) is 5.75 Å². The zero-order valence-electron chi connectivity index (χ0n) is 14.2. The molecule has 0 heterocycles. The Balaban J connectivity index is 2.02. The molecule has 0 saturated carbocycles. The fourth-order valence-corrected chi connectivity index (χ4v) is 2.33. The van der Waals surface area contributed by atoms with E-state index in [1.807, 2.05) is 6.92 Å². The molecule has 0 atom stereocenters. The molecule has 2 rings (SSSR count). The van der Waals surface area contributed by atoms with E-state index in [9.17, 15) is 9.59 Å². The summed E-state index contributed by atoms with van der Waals surface area (Å²) in [5.74, 6) is -0.213. The maximum absolute atomic E-state index is 12.2. The highest BCUT2D eigenvalue weighted by molar-refractivity contribution is 6.31. The second-order valence-corrected chi connectivity index (χ2v) is 5.68. The van der Waals surface area contributed by atoms with E-state index < -0.39 is 5.97 Å². The van der Waals surface area contributed by atoms with Crippen LogP contribution in [0.15, 0.2) is 36.4 Å². The fraction of sp³-hybridized carbons (Fsp3) is 0.222. The molecule has 0 radical (unpaired) electrons. The van der Waals surface area contributed by atoms with E-state index in [1.54, 1.807) is 36.4 Å². The van der Waals surface area contributed by atoms with E-state index in [1.165, 1.54) is 14.2 Å². The van der Waals surface area contributed by atoms with Gasteiger partial charge in [0, 0.05) is 16.8 Å². The van der Waals surface area contributed by atoms with Gasteiger partial charge in [0.1, 0.15) is 5.75 Å². The van der Waals surface area contributed by atoms with Gasteiger partial charge in [0.05, 0.1) is 32.0 Å². The largest absolute Gasteiger partial charge is 0.495 e. The van der Waals surface area contributed by atoms with Crippen molar-refractivity contribution in [3.8, 4) is 5.75 Å². The first-order valence-corrected chi connectivity index (χ1v) is 7.88. The second kappa shape index (κ2) is 8.39. The summed E-state index contributed by atoms with van der Waals surface area (Å²) in [5.41, 5.74) is 2.41. The lowest BCUT2D eigenvalue weighted by Crippen LogP contribution is -2.22. The summed E-state index contributed by atoms with van der Waals surface area (Å²) in [7, 11) is 2.82. The Morgan fingerprint density at radius 1 is 1.16 bits per heavy atom. The molecule has 0 fully saturated rings. The Hall–Kier alpha value is -2.73. The number of esters is 1. The molecule has 2 N–H and O–H groups in total. The number of methoxy groups -OCH3 is 2. The standard InChI is InChI=1S/C18H19ClN2O4/c1-11-7-15(16(24-2)9-14(11)19)21-17(22)10-20-13-6-4-5-12(8-13)18(23)25-3/h4-9,20H,10H2,1-3H3,(H,21,22). The first-order chi connectivity index (χ1) is 11.9. The van der Waals surface area contributed by atoms with Crippen LogP contribution in [0.25, 0.3) is 0 Å². The predicted octanol–water partition coefficient (Wildman–Crippen LogP) is 3.49. The highest BCUT2D eigenvalue weighted by atomic mass is 35.5. The molecule has 0 aliphatic carbocycles. The molecule has 0 saturated heterocycles. The van der Waals surface area contributed by atoms with Crippen molar-refractivity contribution in [2.45, 2.75) is 6.92 Å². The normalized spacial score (nSPS) is 10.1. The fourth-order valence-electron chi connectivity index (χ4n) is 2.18. The van der Waals surface area contributed by atoms with Crippen molar-refractivity contribution in [2.24, 2.45) is 0 Å². The second-order valence-electron chi connectivity index (χ2n) is 5.28. The van der Waals surface area contributed by atoms with Gasteiger partial charge in [-0.1, -0.05) is 17.7 Å². The van der Waals surface area contributed by atoms with Crippen molar-refractivity contribution >= 4 is 34.9 Å². The van der Waals surface area contributed by atoms with E-state index in [2.05, 4.69) is 15.4 Å². The topological polar surface area (TPSA) is 76.7 Å². The SMILES string of the molecule is COC(=O)c1cccc(NCC(=O)Nc2cc(C)c(Cl)cc2OC)c1. The number of carbonyl (C=O) groups is 2. The highest BCUT2D eigenvalue weighted by Crippen LogP contribution is 2.30. The first-order valence-electron chi connectivity index (χ1n) is 7.51. The van der Waals surface area contributed by atoms with Crippen molar-refractivity contribution in [3.05, 3.63) is 52.5 Å². The number of amides is 1. The molecule has 0 bridgehead atoms. The highest BCUT2D eigenvalue weighted by Gasteiger charge is 2.11. The Labute approximate surface area is 151 Å². The van der Waals surface area contributed by atoms with E-state index >= 15 is 0 Å². The van der Waals surface area contributed by atoms with Gasteiger partial charge >= 0.3 is 5.97 Å². The summed E-state index contributed by atoms with van der Waals surface area (Å²) < 4.78 is 9.90. The first kappa shape index (κ1) is 18.6. The summed E-state index contributed by atoms with van der Waals surface area (Å²) in [4.78, 5) is 23.7. The van der Waals surface area contributed by atoms with Crippen molar-refractivity contribution in [2.75, 3.05) is 31.4 Å². The monoisotopic (exact) mass is 362 g/mol. The number of anilines is 2. The number of nitrogens with one attached hydrogen (secondary N) is 2. The lowest BCUT2D eigenvalue weighted by Gasteiger charge is -2.13. The summed E-state index contributed by atoms with van der Waals surface area (Å²) in [6, 6.07) is 10.1. The van der Waals surface area contributed by atoms with Crippen molar-refractivity contribution in [1.29, 1.82) is 0 Å². The predicted molar refractivity (Wildman–Crippen MR) is 97.6 cm³/mol. The zero-order valence-corrected chi connectivity index (χ0v) is 14.9. The van der Waals surface area contributed by atoms with Crippen LogP contribution < -0.4 is 15.4 Å². The molecule has 0 aliphatic heterocycles. The summed E-state index contributed by atoms with van der Waals surface area (Å²) in [6.07, 6.45) is 0. The lowest BCUT2D eigenvalue weighted by atomic mass is 10.2. The number of halogens is 1. The summed E-state index contributed by atoms with van der Waals surface area (Å²) >= 11 is 6.05. The van der Waals surface area contributed by atoms with E-state index in [0.29, 0.717) is 27.7 Å². The lowest BCUT2D eigenvalue weighted by molar-refractivity contribution is -0.114. The summed E-state index contributed by atoms with van der Waals surface area (Å²) in [6.45, 7) is 1.86. The van der Waals surface area contributed by atoms with Crippen LogP contribution in [0, 0.1) is 6.92 Å². The average Bonchev–Trinajstić information content (AvgIpc) is 2.62. The molecule has 2 aromatic carbocycles. The Morgan fingerprint density at radius 3 is 2.60 bits per heavy atom. The van der Waals surface area contributed by atoms with Crippen LogP contribution in [-0.2, 0) is 9.53 Å². The van der Waals surface area contributed by atoms with Crippen LogP contribution >= 0.6 is 11.6 Å². The quantitative estimate of drug-likeness (QED) is 0.769. The Bertz CT molecular complexity index is 793. The molecule has 1 amide bonds. The van der Waals surface area contributed by atoms with Crippen LogP contribution in [0.3, 0.4) is 0 Å². The van der Waals surface area contributed by atoms with Gasteiger partial charge in [0.25, 0.3) is 0 Å². The molecule has 132 valence electrons. The summed E-state index contributed by atoms with van der Waals surface area (Å²) in [5, 5.41) is 6.29. The molecule has 0 aliphatic rings. The third kappa shape index (κ3) is 4.87. The maximum Gasteiger partial charge on any atom is 0.337 e. The van der Waals surface area contributed by atoms with Gasteiger partial charge in [0.2, 0.25) is 5.91 Å². The van der Waals surface area contributed by atoms with E-state index in [0.717, 1.165) is 5.56 Å². The van der Waals surface area contributed by atoms with Crippen LogP contribution in [-0.4, -0.2) is 32.6 Å². The van der Waals surface area contributed by atoms with Gasteiger partial charge in [-0.2, -0.15) is 0 Å². The molecule has 0 unspecified atom stereocenters. The molecular formula is C18H19ClN2O4. The average molecular weight is 363 g/mol. The molecule has 0 spiro atoms. The van der Waals surface area contributed by atoms with Gasteiger partial charge in [0.15, 0.2) is 0 Å². The van der Waals surface area contributed by atoms with Gasteiger partial charge in [-0.3, -0.25) is 4.79 Å². The smallest absolute Gasteiger partial charge is 0.337 e. The third-order valence-corrected chi connectivity index (χ3v) is 3.90. The number of benzene rings is 2. The number of hydrogen-bond donors (Lipinski definition) is 2. The maximum atomic E-state index is 12.2. The minimum Gasteiger partial charge on any atom is -0.495 e. The molecule has 25 heavy (non-hydrogen) atoms. The van der Waals surface area contributed by atoms with Crippen LogP contribution in [0.4, 0.5) is 11.4 Å². The van der Waals surface area contributed by atoms with Gasteiger partial charge in [-0.05, 0) is 36.8 Å². The Morgan fingerprint density at radius 2 is 1.92 bits per heavy atom. The zero-order chi connectivity index (χ0) is 18.4. The van der Waals surface area contributed by atoms with Crippen molar-refractivity contribution in [3.63, 3.8) is 0 Å². The Kier molecular flexibility index (Phi) is 6.25. The minimum atomic E-state index is -0.436. The third-order valence-electron chi connectivity index (χ3n) is 3.49. The molecule has 6 nitrogen and oxygen atoms in total. The number of rotatable bonds is 6. The van der Waals surface area contributed by atoms with E-state index in [-0.39, 0.29) is 12.5 Å². The van der Waals surface area contributed by atoms with Crippen molar-refractivity contribution < 1.29 is 19.1 Å². The van der Waals surface area contributed by atoms with E-state index in [4.69, 9.17) is 16.3 Å². The van der Waals surface area contributed by atoms with Gasteiger partial charge in [-0.25, -0.2) is 4.79 Å². The number of ether oxygens (including phenoxy) is 2. The number of aryl methyl sites for hydroxylation is 1. The number of carbonyl (C=O) groups excluding carboxylic acids is 2. The van der Waals surface area contributed by atoms with Crippen LogP contribution in [0.1, 0.15) is 15.9 Å². The number of hydrogen-bond acceptors (Lipinski definition) is 5. The van der Waals surface area contributed by atoms with Crippen LogP contribution in [0.2, 0.25) is 5.02 Å². The van der Waals surface area contributed by atoms with Gasteiger partial charge in [-0.15, -0.1) is 0 Å². The van der Waals surface area contributed by atoms with Gasteiger partial charge < -0.3 is 20.1 Å². The molecule has 0 aromatic heterocycles. The molecule has 7 heteroatoms. The molecule has 2 aromatic rings. The van der Waals surface area contributed by atoms with Crippen molar-refractivity contribution in [1.82, 2.24) is 0 Å². The molecular weight excluding hydrogens is 344 g/mol. The minimum absolute atomic E-state index is 0.0233.